The second kappa shape index (κ2) is 8.07. The second-order valence-corrected chi connectivity index (χ2v) is 11.2. The van der Waals surface area contributed by atoms with Crippen molar-refractivity contribution < 1.29 is 23.4 Å². The molecule has 6 atom stereocenters. The van der Waals surface area contributed by atoms with Crippen LogP contribution in [0.3, 0.4) is 0 Å². The van der Waals surface area contributed by atoms with Crippen molar-refractivity contribution in [2.24, 2.45) is 23.2 Å². The molecule has 0 bridgehead atoms. The monoisotopic (exact) mass is 459 g/mol. The van der Waals surface area contributed by atoms with E-state index >= 15 is 8.78 Å². The van der Waals surface area contributed by atoms with Crippen LogP contribution < -0.4 is 0 Å². The highest BCUT2D eigenvalue weighted by Gasteiger charge is 2.62. The van der Waals surface area contributed by atoms with Crippen LogP contribution in [-0.4, -0.2) is 40.2 Å². The van der Waals surface area contributed by atoms with Gasteiger partial charge in [-0.3, -0.25) is 4.90 Å². The Morgan fingerprint density at radius 3 is 2.64 bits per heavy atom. The van der Waals surface area contributed by atoms with E-state index in [0.29, 0.717) is 12.3 Å². The zero-order valence-electron chi connectivity index (χ0n) is 19.6. The summed E-state index contributed by atoms with van der Waals surface area (Å²) in [6.45, 7) is 3.80. The predicted octanol–water partition coefficient (Wildman–Crippen LogP) is 5.95. The number of alkyl halides is 2. The zero-order chi connectivity index (χ0) is 23.4. The molecule has 1 saturated heterocycles. The number of nitrogens with zero attached hydrogens (tertiary/aromatic N) is 1. The lowest BCUT2D eigenvalue weighted by Crippen LogP contribution is -2.68. The Morgan fingerprint density at radius 2 is 1.88 bits per heavy atom. The smallest absolute Gasteiger partial charge is 0.410 e. The van der Waals surface area contributed by atoms with Crippen molar-refractivity contribution in [1.29, 1.82) is 0 Å². The maximum absolute atomic E-state index is 15.1. The van der Waals surface area contributed by atoms with Gasteiger partial charge in [0.15, 0.2) is 0 Å². The van der Waals surface area contributed by atoms with Crippen LogP contribution >= 0.6 is 0 Å². The third-order valence-corrected chi connectivity index (χ3v) is 9.40. The molecule has 1 aliphatic heterocycles. The number of carbonyl (C=O) groups excluding carboxylic acids is 1. The lowest BCUT2D eigenvalue weighted by Gasteiger charge is -2.63. The van der Waals surface area contributed by atoms with Gasteiger partial charge in [0.05, 0.1) is 12.6 Å². The van der Waals surface area contributed by atoms with Crippen LogP contribution in [0.1, 0.15) is 64.4 Å². The van der Waals surface area contributed by atoms with Gasteiger partial charge in [0.25, 0.3) is 5.92 Å². The maximum Gasteiger partial charge on any atom is 0.410 e. The molecule has 0 radical (unpaired) electrons. The lowest BCUT2D eigenvalue weighted by atomic mass is 9.47. The van der Waals surface area contributed by atoms with E-state index < -0.39 is 24.1 Å². The van der Waals surface area contributed by atoms with Crippen LogP contribution in [0, 0.1) is 23.2 Å². The predicted molar refractivity (Wildman–Crippen MR) is 122 cm³/mol. The van der Waals surface area contributed by atoms with Crippen molar-refractivity contribution in [2.75, 3.05) is 6.54 Å². The number of likely N-dealkylation sites (tertiary alicyclic amines) is 1. The number of benzene rings is 1. The topological polar surface area (TPSA) is 49.8 Å². The van der Waals surface area contributed by atoms with Gasteiger partial charge in [0.1, 0.15) is 6.61 Å². The summed E-state index contributed by atoms with van der Waals surface area (Å²) in [6, 6.07) is 9.35. The number of carbonyl (C=O) groups is 1. The lowest BCUT2D eigenvalue weighted by molar-refractivity contribution is -0.175. The summed E-state index contributed by atoms with van der Waals surface area (Å²) in [5.41, 5.74) is 1.50. The molecule has 5 rings (SSSR count). The van der Waals surface area contributed by atoms with Gasteiger partial charge in [-0.05, 0) is 74.2 Å². The van der Waals surface area contributed by atoms with E-state index in [1.54, 1.807) is 0 Å². The number of piperidine rings is 1. The summed E-state index contributed by atoms with van der Waals surface area (Å²) in [5, 5.41) is 10.2. The number of ether oxygens (including phenoxy) is 1. The Hall–Kier alpha value is -1.95. The van der Waals surface area contributed by atoms with E-state index in [9.17, 15) is 9.90 Å². The molecule has 33 heavy (non-hydrogen) atoms. The van der Waals surface area contributed by atoms with Crippen molar-refractivity contribution in [3.63, 3.8) is 0 Å². The SMILES string of the molecule is C[C@]12CC[C@H](O)C=C1CC[C@@H]1[C@@H]2CC[C@@]2(C)[C@H]1CC(F)(F)CN2C(=O)OCc1ccccc1. The molecular weight excluding hydrogens is 424 g/mol. The number of rotatable bonds is 2. The van der Waals surface area contributed by atoms with Crippen molar-refractivity contribution in [2.45, 2.75) is 83.0 Å². The minimum atomic E-state index is -2.92. The van der Waals surface area contributed by atoms with Gasteiger partial charge in [0, 0.05) is 12.0 Å². The first-order chi connectivity index (χ1) is 15.6. The number of hydrogen-bond acceptors (Lipinski definition) is 3. The first kappa shape index (κ1) is 22.8. The Balaban J connectivity index is 1.40. The number of amides is 1. The number of aliphatic hydroxyl groups excluding tert-OH is 1. The maximum atomic E-state index is 15.1. The molecular formula is C27H35F2NO3. The average Bonchev–Trinajstić information content (AvgIpc) is 2.78. The second-order valence-electron chi connectivity index (χ2n) is 11.2. The van der Waals surface area contributed by atoms with Crippen LogP contribution in [0.5, 0.6) is 0 Å². The summed E-state index contributed by atoms with van der Waals surface area (Å²) < 4.78 is 35.7. The fourth-order valence-electron chi connectivity index (χ4n) is 7.59. The van der Waals surface area contributed by atoms with Crippen LogP contribution in [0.25, 0.3) is 0 Å². The van der Waals surface area contributed by atoms with Crippen molar-refractivity contribution in [3.8, 4) is 0 Å². The molecule has 0 aromatic heterocycles. The zero-order valence-corrected chi connectivity index (χ0v) is 19.6. The van der Waals surface area contributed by atoms with E-state index in [2.05, 4.69) is 6.92 Å². The standard InChI is InChI=1S/C27H35F2NO3/c1-25-12-10-20(31)14-19(25)8-9-21-22(25)11-13-26(2)23(21)15-27(28,29)17-30(26)24(32)33-16-18-6-4-3-5-7-18/h3-7,14,20-23,31H,8-13,15-17H2,1-2H3/t20-,21+,22-,23-,25-,26-/m0/s1. The average molecular weight is 460 g/mol. The normalized spacial score (nSPS) is 39.5. The summed E-state index contributed by atoms with van der Waals surface area (Å²) in [4.78, 5) is 14.5. The summed E-state index contributed by atoms with van der Waals surface area (Å²) in [5.74, 6) is -2.71. The number of fused-ring (bicyclic) bond motifs is 5. The van der Waals surface area contributed by atoms with Crippen molar-refractivity contribution >= 4 is 6.09 Å². The van der Waals surface area contributed by atoms with E-state index in [4.69, 9.17) is 4.74 Å². The Kier molecular flexibility index (Phi) is 5.58. The Morgan fingerprint density at radius 1 is 1.12 bits per heavy atom. The molecule has 4 nitrogen and oxygen atoms in total. The largest absolute Gasteiger partial charge is 0.445 e. The fourth-order valence-corrected chi connectivity index (χ4v) is 7.59. The molecule has 1 heterocycles. The van der Waals surface area contributed by atoms with Gasteiger partial charge in [-0.2, -0.15) is 0 Å². The van der Waals surface area contributed by atoms with E-state index in [-0.39, 0.29) is 36.4 Å². The summed E-state index contributed by atoms with van der Waals surface area (Å²) in [6.07, 6.45) is 5.81. The van der Waals surface area contributed by atoms with Gasteiger partial charge in [-0.1, -0.05) is 48.9 Å². The molecule has 2 saturated carbocycles. The molecule has 0 unspecified atom stereocenters. The van der Waals surface area contributed by atoms with Gasteiger partial charge in [0.2, 0.25) is 0 Å². The highest BCUT2D eigenvalue weighted by Crippen LogP contribution is 2.63. The number of hydrogen-bond donors (Lipinski definition) is 1. The van der Waals surface area contributed by atoms with Gasteiger partial charge < -0.3 is 9.84 Å². The fraction of sp³-hybridized carbons (Fsp3) is 0.667. The van der Waals surface area contributed by atoms with Gasteiger partial charge in [-0.25, -0.2) is 13.6 Å². The third kappa shape index (κ3) is 3.88. The first-order valence-electron chi connectivity index (χ1n) is 12.4. The van der Waals surface area contributed by atoms with Crippen LogP contribution in [0.15, 0.2) is 42.0 Å². The molecule has 180 valence electrons. The highest BCUT2D eigenvalue weighted by molar-refractivity contribution is 5.69. The minimum absolute atomic E-state index is 0.0329. The van der Waals surface area contributed by atoms with E-state index in [1.165, 1.54) is 10.5 Å². The summed E-state index contributed by atoms with van der Waals surface area (Å²) >= 11 is 0. The Bertz CT molecular complexity index is 935. The highest BCUT2D eigenvalue weighted by atomic mass is 19.3. The van der Waals surface area contributed by atoms with Crippen molar-refractivity contribution in [3.05, 3.63) is 47.5 Å². The van der Waals surface area contributed by atoms with Gasteiger partial charge in [-0.15, -0.1) is 0 Å². The van der Waals surface area contributed by atoms with Crippen molar-refractivity contribution in [1.82, 2.24) is 4.90 Å². The Labute approximate surface area is 195 Å². The molecule has 4 aliphatic rings. The van der Waals surface area contributed by atoms with E-state index in [1.807, 2.05) is 43.3 Å². The molecule has 3 fully saturated rings. The summed E-state index contributed by atoms with van der Waals surface area (Å²) in [7, 11) is 0. The third-order valence-electron chi connectivity index (χ3n) is 9.40. The molecule has 3 aliphatic carbocycles. The number of allylic oxidation sites excluding steroid dienone is 1. The van der Waals surface area contributed by atoms with Crippen LogP contribution in [0.4, 0.5) is 13.6 Å². The number of aliphatic hydroxyl groups is 1. The quantitative estimate of drug-likeness (QED) is 0.556. The molecule has 0 spiro atoms. The molecule has 1 amide bonds. The van der Waals surface area contributed by atoms with Crippen LogP contribution in [0.2, 0.25) is 0 Å². The first-order valence-corrected chi connectivity index (χ1v) is 12.4. The van der Waals surface area contributed by atoms with E-state index in [0.717, 1.165) is 37.7 Å². The number of halogens is 2. The molecule has 1 aromatic carbocycles. The molecule has 1 N–H and O–H groups in total. The molecule has 1 aromatic rings. The van der Waals surface area contributed by atoms with Gasteiger partial charge >= 0.3 is 6.09 Å². The molecule has 6 heteroatoms. The van der Waals surface area contributed by atoms with Crippen LogP contribution in [-0.2, 0) is 11.3 Å². The minimum Gasteiger partial charge on any atom is -0.445 e.